The second-order valence-corrected chi connectivity index (χ2v) is 12.9. The number of imidazole rings is 2. The number of phosphoric ester groups is 1. The van der Waals surface area contributed by atoms with Crippen LogP contribution < -0.4 is 16.9 Å². The van der Waals surface area contributed by atoms with Gasteiger partial charge in [-0.2, -0.15) is 4.98 Å². The van der Waals surface area contributed by atoms with Gasteiger partial charge < -0.3 is 39.6 Å². The fraction of sp³-hybridized carbons (Fsp3) is 0.500. The van der Waals surface area contributed by atoms with E-state index in [9.17, 15) is 29.0 Å². The van der Waals surface area contributed by atoms with Crippen molar-refractivity contribution in [1.82, 2.24) is 39.0 Å². The normalized spacial score (nSPS) is 30.7. The molecule has 25 heteroatoms. The van der Waals surface area contributed by atoms with Crippen molar-refractivity contribution in [2.45, 2.75) is 49.2 Å². The number of halogens is 2. The molecule has 6 heterocycles. The van der Waals surface area contributed by atoms with Crippen LogP contribution in [0.25, 0.3) is 22.3 Å². The number of nitrogens with one attached hydrogen (secondary N) is 2. The van der Waals surface area contributed by atoms with Crippen LogP contribution in [-0.4, -0.2) is 104 Å². The number of aliphatic hydroxyl groups is 1. The molecule has 0 spiro atoms. The zero-order chi connectivity index (χ0) is 32.2. The van der Waals surface area contributed by atoms with Crippen molar-refractivity contribution >= 4 is 55.1 Å². The van der Waals surface area contributed by atoms with Gasteiger partial charge in [-0.25, -0.2) is 28.3 Å². The van der Waals surface area contributed by atoms with E-state index in [1.54, 1.807) is 0 Å². The van der Waals surface area contributed by atoms with E-state index in [1.807, 2.05) is 0 Å². The number of hydrogen-bond donors (Lipinski definition) is 6. The molecule has 0 aromatic carbocycles. The minimum Gasteiger partial charge on any atom is -0.394 e. The Morgan fingerprint density at radius 3 is 2.40 bits per heavy atom. The average Bonchev–Trinajstić information content (AvgIpc) is 3.73. The van der Waals surface area contributed by atoms with Gasteiger partial charge in [0, 0.05) is 0 Å². The maximum absolute atomic E-state index is 15.6. The summed E-state index contributed by atoms with van der Waals surface area (Å²) < 4.78 is 72.6. The Hall–Kier alpha value is -3.08. The Morgan fingerprint density at radius 1 is 1.04 bits per heavy atom. The van der Waals surface area contributed by atoms with Gasteiger partial charge in [-0.05, 0) is 11.8 Å². The second kappa shape index (κ2) is 12.3. The Kier molecular flexibility index (Phi) is 8.69. The van der Waals surface area contributed by atoms with Gasteiger partial charge in [-0.15, -0.1) is 0 Å². The second-order valence-electron chi connectivity index (χ2n) is 9.72. The largest absolute Gasteiger partial charge is 0.472 e. The molecule has 4 aromatic heterocycles. The molecule has 2 unspecified atom stereocenters. The molecule has 0 aliphatic carbocycles. The fourth-order valence-corrected chi connectivity index (χ4v) is 6.79. The number of aliphatic hydroxyl groups excluding tert-OH is 1. The number of hydrogen-bond acceptors (Lipinski definition) is 15. The molecular weight excluding hydrogens is 674 g/mol. The molecule has 4 aromatic rings. The number of ether oxygens (including phenoxy) is 2. The van der Waals surface area contributed by atoms with Crippen molar-refractivity contribution in [2.24, 2.45) is 0 Å². The first-order valence-corrected chi connectivity index (χ1v) is 16.7. The van der Waals surface area contributed by atoms with E-state index in [2.05, 4.69) is 29.9 Å². The van der Waals surface area contributed by atoms with E-state index in [-0.39, 0.29) is 28.3 Å². The molecule has 20 nitrogen and oxygen atoms in total. The Bertz CT molecular complexity index is 1930. The first-order chi connectivity index (χ1) is 21.4. The smallest absolute Gasteiger partial charge is 0.394 e. The highest BCUT2D eigenvalue weighted by Gasteiger charge is 2.52. The van der Waals surface area contributed by atoms with E-state index >= 15 is 8.78 Å². The van der Waals surface area contributed by atoms with Gasteiger partial charge in [0.25, 0.3) is 11.1 Å². The summed E-state index contributed by atoms with van der Waals surface area (Å²) in [6.45, 7) is -1.76. The topological polar surface area (TPSA) is 277 Å². The number of H-pyrrole nitrogens is 2. The van der Waals surface area contributed by atoms with Crippen LogP contribution in [0.5, 0.6) is 0 Å². The van der Waals surface area contributed by atoms with Crippen LogP contribution in [0.3, 0.4) is 0 Å². The molecule has 244 valence electrons. The zero-order valence-electron chi connectivity index (χ0n) is 22.2. The average molecular weight is 697 g/mol. The van der Waals surface area contributed by atoms with E-state index in [1.165, 1.54) is 0 Å². The molecule has 6 rings (SSSR count). The predicted molar refractivity (Wildman–Crippen MR) is 149 cm³/mol. The molecule has 0 radical (unpaired) electrons. The number of nitrogens with zero attached hydrogens (tertiary/aromatic N) is 6. The number of phosphoric acid groups is 1. The molecule has 2 aliphatic rings. The van der Waals surface area contributed by atoms with Crippen molar-refractivity contribution in [3.05, 3.63) is 39.7 Å². The maximum Gasteiger partial charge on any atom is 0.472 e. The molecule has 2 fully saturated rings. The van der Waals surface area contributed by atoms with Crippen LogP contribution in [0, 0.1) is 0 Å². The summed E-state index contributed by atoms with van der Waals surface area (Å²) in [5, 5.41) is 9.61. The Labute approximate surface area is 253 Å². The summed E-state index contributed by atoms with van der Waals surface area (Å²) in [6, 6.07) is 0. The highest BCUT2D eigenvalue weighted by Crippen LogP contribution is 2.51. The molecule has 0 amide bonds. The lowest BCUT2D eigenvalue weighted by atomic mass is 10.1. The highest BCUT2D eigenvalue weighted by molar-refractivity contribution is 8.00. The lowest BCUT2D eigenvalue weighted by Crippen LogP contribution is -2.34. The number of aromatic nitrogens is 8. The van der Waals surface area contributed by atoms with Gasteiger partial charge in [0.2, 0.25) is 5.95 Å². The predicted octanol–water partition coefficient (Wildman–Crippen LogP) is -1.32. The van der Waals surface area contributed by atoms with E-state index in [0.717, 1.165) is 28.1 Å². The number of nitrogens with two attached hydrogens (primary N) is 1. The van der Waals surface area contributed by atoms with Crippen LogP contribution in [0.2, 0.25) is 0 Å². The van der Waals surface area contributed by atoms with Crippen molar-refractivity contribution in [3.63, 3.8) is 0 Å². The maximum atomic E-state index is 15.6. The lowest BCUT2D eigenvalue weighted by Gasteiger charge is -2.24. The fourth-order valence-electron chi connectivity index (χ4n) is 5.02. The van der Waals surface area contributed by atoms with Gasteiger partial charge in [0.15, 0.2) is 54.3 Å². The monoisotopic (exact) mass is 697 g/mol. The van der Waals surface area contributed by atoms with Crippen LogP contribution in [0.4, 0.5) is 14.7 Å². The Balaban J connectivity index is 1.23. The molecule has 0 saturated carbocycles. The van der Waals surface area contributed by atoms with E-state index < -0.39 is 88.5 Å². The van der Waals surface area contributed by atoms with Gasteiger partial charge >= 0.3 is 7.82 Å². The number of anilines is 1. The number of nitrogen functional groups attached to an aromatic ring is 1. The summed E-state index contributed by atoms with van der Waals surface area (Å²) in [7, 11) is -8.21. The molecule has 2 aliphatic heterocycles. The summed E-state index contributed by atoms with van der Waals surface area (Å²) in [5.41, 5.74) is 3.69. The molecule has 45 heavy (non-hydrogen) atoms. The minimum atomic E-state index is -5.26. The summed E-state index contributed by atoms with van der Waals surface area (Å²) in [4.78, 5) is 64.7. The number of rotatable bonds is 10. The molecule has 10 atom stereocenters. The molecule has 2 saturated heterocycles. The lowest BCUT2D eigenvalue weighted by molar-refractivity contribution is -0.0586. The van der Waals surface area contributed by atoms with Crippen LogP contribution >= 0.6 is 15.0 Å². The Morgan fingerprint density at radius 2 is 1.71 bits per heavy atom. The third-order valence-electron chi connectivity index (χ3n) is 6.97. The summed E-state index contributed by atoms with van der Waals surface area (Å²) >= 11 is 4.69. The standard InChI is InChI=1S/C20H23F2N9O11P2S/c21-8-6(1-32)39-19(31-5-27-11-15(31)28-20(23)29-17(11)34)13(8)42-44(36,37)38-2-7-12(41-43(35)45)9(22)18(40-7)30-4-26-10-14(30)24-3-25-16(10)33/h3-9,12-13,18-19,32,43H,1-2H2,(H,35,45)(H,36,37)(H,24,25,33)(H3,23,28,29,34)/t6-,7-,8-,9+,12-,13-,18-,19-/m1/s1. The number of alkyl halides is 2. The first kappa shape index (κ1) is 31.9. The van der Waals surface area contributed by atoms with Gasteiger partial charge in [0.1, 0.15) is 24.4 Å². The SMILES string of the molecule is Nc1nc2c(ncn2[C@@H]2O[C@H](CO)[C@@H](F)[C@H]2OP(=O)(O)OC[C@H]2O[C@@H](n3cnc4c(=O)[nH]cnc43)[C@@H](F)[C@@H]2O[PH](O)=S)c(=O)[nH]1. The van der Waals surface area contributed by atoms with Gasteiger partial charge in [0.05, 0.1) is 32.2 Å². The zero-order valence-corrected chi connectivity index (χ0v) is 25.0. The molecule has 0 bridgehead atoms. The molecular formula is C20H23F2N9O11P2S. The van der Waals surface area contributed by atoms with E-state index in [0.29, 0.717) is 0 Å². The number of aromatic amines is 2. The van der Waals surface area contributed by atoms with Gasteiger partial charge in [-0.3, -0.25) is 32.8 Å². The minimum absolute atomic E-state index is 0.0549. The van der Waals surface area contributed by atoms with Crippen LogP contribution in [0.15, 0.2) is 28.6 Å². The quantitative estimate of drug-likeness (QED) is 0.105. The van der Waals surface area contributed by atoms with E-state index in [4.69, 9.17) is 40.6 Å². The third kappa shape index (κ3) is 5.97. The van der Waals surface area contributed by atoms with Crippen molar-refractivity contribution in [2.75, 3.05) is 18.9 Å². The van der Waals surface area contributed by atoms with Gasteiger partial charge in [-0.1, -0.05) is 0 Å². The third-order valence-corrected chi connectivity index (χ3v) is 8.72. The molecule has 7 N–H and O–H groups in total. The summed E-state index contributed by atoms with van der Waals surface area (Å²) in [6.07, 6.45) is -10.8. The van der Waals surface area contributed by atoms with Crippen LogP contribution in [-0.2, 0) is 39.4 Å². The van der Waals surface area contributed by atoms with Crippen molar-refractivity contribution in [3.8, 4) is 0 Å². The van der Waals surface area contributed by atoms with Crippen molar-refractivity contribution < 1.29 is 51.3 Å². The van der Waals surface area contributed by atoms with Crippen LogP contribution in [0.1, 0.15) is 12.5 Å². The first-order valence-electron chi connectivity index (χ1n) is 12.8. The van der Waals surface area contributed by atoms with Crippen molar-refractivity contribution in [1.29, 1.82) is 0 Å². The highest BCUT2D eigenvalue weighted by atomic mass is 32.4. The summed E-state index contributed by atoms with van der Waals surface area (Å²) in [5.74, 6) is -0.313. The number of fused-ring (bicyclic) bond motifs is 2.